The van der Waals surface area contributed by atoms with Crippen molar-refractivity contribution in [3.8, 4) is 0 Å². The Morgan fingerprint density at radius 2 is 2.18 bits per heavy atom. The number of fused-ring (bicyclic) bond motifs is 1. The molecule has 3 heteroatoms. The predicted molar refractivity (Wildman–Crippen MR) is 68.4 cm³/mol. The van der Waals surface area contributed by atoms with E-state index in [9.17, 15) is 9.90 Å². The molecule has 1 atom stereocenters. The summed E-state index contributed by atoms with van der Waals surface area (Å²) in [5.41, 5.74) is 2.37. The van der Waals surface area contributed by atoms with Gasteiger partial charge < -0.3 is 10.0 Å². The van der Waals surface area contributed by atoms with Crippen LogP contribution in [0.3, 0.4) is 0 Å². The summed E-state index contributed by atoms with van der Waals surface area (Å²) in [6.45, 7) is 5.04. The standard InChI is InChI=1S/C14H19NO2/c1-10(2)9-15-12-6-4-3-5-11(12)7-8-13(15)14(16)17/h3-6,10,13H,7-9H2,1-2H3,(H,16,17)/t13-/m1/s1. The summed E-state index contributed by atoms with van der Waals surface area (Å²) in [5.74, 6) is -0.247. The smallest absolute Gasteiger partial charge is 0.326 e. The molecule has 0 aliphatic carbocycles. The van der Waals surface area contributed by atoms with Crippen molar-refractivity contribution in [3.05, 3.63) is 29.8 Å². The molecule has 0 spiro atoms. The predicted octanol–water partition coefficient (Wildman–Crippen LogP) is 2.55. The first-order chi connectivity index (χ1) is 8.09. The molecular formula is C14H19NO2. The van der Waals surface area contributed by atoms with Crippen molar-refractivity contribution in [2.45, 2.75) is 32.7 Å². The molecule has 17 heavy (non-hydrogen) atoms. The van der Waals surface area contributed by atoms with Gasteiger partial charge in [0.15, 0.2) is 0 Å². The van der Waals surface area contributed by atoms with Gasteiger partial charge >= 0.3 is 5.97 Å². The van der Waals surface area contributed by atoms with E-state index in [0.29, 0.717) is 12.3 Å². The van der Waals surface area contributed by atoms with Crippen LogP contribution in [0, 0.1) is 5.92 Å². The van der Waals surface area contributed by atoms with Crippen molar-refractivity contribution in [1.82, 2.24) is 0 Å². The van der Waals surface area contributed by atoms with E-state index in [-0.39, 0.29) is 6.04 Å². The molecular weight excluding hydrogens is 214 g/mol. The van der Waals surface area contributed by atoms with Gasteiger partial charge in [-0.3, -0.25) is 0 Å². The number of aryl methyl sites for hydroxylation is 1. The zero-order valence-corrected chi connectivity index (χ0v) is 10.4. The van der Waals surface area contributed by atoms with Gasteiger partial charge in [0.25, 0.3) is 0 Å². The van der Waals surface area contributed by atoms with Crippen molar-refractivity contribution in [2.24, 2.45) is 5.92 Å². The molecule has 0 bridgehead atoms. The van der Waals surface area contributed by atoms with Crippen LogP contribution >= 0.6 is 0 Å². The van der Waals surface area contributed by atoms with E-state index in [1.807, 2.05) is 23.1 Å². The van der Waals surface area contributed by atoms with Crippen LogP contribution in [0.5, 0.6) is 0 Å². The molecule has 1 N–H and O–H groups in total. The second-order valence-electron chi connectivity index (χ2n) is 5.07. The van der Waals surface area contributed by atoms with Crippen LogP contribution in [0.15, 0.2) is 24.3 Å². The maximum atomic E-state index is 11.3. The first kappa shape index (κ1) is 12.0. The van der Waals surface area contributed by atoms with E-state index in [0.717, 1.165) is 18.7 Å². The lowest BCUT2D eigenvalue weighted by atomic mass is 9.94. The average Bonchev–Trinajstić information content (AvgIpc) is 2.28. The summed E-state index contributed by atoms with van der Waals surface area (Å²) in [5, 5.41) is 9.31. The van der Waals surface area contributed by atoms with Crippen LogP contribution in [0.4, 0.5) is 5.69 Å². The number of hydrogen-bond donors (Lipinski definition) is 1. The summed E-state index contributed by atoms with van der Waals surface area (Å²) >= 11 is 0. The summed E-state index contributed by atoms with van der Waals surface area (Å²) < 4.78 is 0. The molecule has 0 aromatic heterocycles. The fraction of sp³-hybridized carbons (Fsp3) is 0.500. The van der Waals surface area contributed by atoms with Crippen molar-refractivity contribution >= 4 is 11.7 Å². The molecule has 0 saturated carbocycles. The SMILES string of the molecule is CC(C)CN1c2ccccc2CC[C@@H]1C(=O)O. The minimum atomic E-state index is -0.708. The van der Waals surface area contributed by atoms with Crippen LogP contribution in [0.1, 0.15) is 25.8 Å². The van der Waals surface area contributed by atoms with E-state index in [1.165, 1.54) is 5.56 Å². The largest absolute Gasteiger partial charge is 0.480 e. The van der Waals surface area contributed by atoms with E-state index in [2.05, 4.69) is 19.9 Å². The van der Waals surface area contributed by atoms with Crippen molar-refractivity contribution < 1.29 is 9.90 Å². The molecule has 92 valence electrons. The number of aliphatic carboxylic acids is 1. The Morgan fingerprint density at radius 3 is 2.82 bits per heavy atom. The van der Waals surface area contributed by atoms with Gasteiger partial charge in [0.1, 0.15) is 6.04 Å². The van der Waals surface area contributed by atoms with Crippen molar-refractivity contribution in [1.29, 1.82) is 0 Å². The van der Waals surface area contributed by atoms with E-state index >= 15 is 0 Å². The highest BCUT2D eigenvalue weighted by Gasteiger charge is 2.31. The molecule has 1 aliphatic rings. The molecule has 1 aromatic rings. The Hall–Kier alpha value is -1.51. The lowest BCUT2D eigenvalue weighted by Crippen LogP contribution is -2.46. The molecule has 0 fully saturated rings. The number of carbonyl (C=O) groups is 1. The maximum Gasteiger partial charge on any atom is 0.326 e. The third-order valence-electron chi connectivity index (χ3n) is 3.21. The summed E-state index contributed by atoms with van der Waals surface area (Å²) in [7, 11) is 0. The third kappa shape index (κ3) is 2.43. The van der Waals surface area contributed by atoms with Gasteiger partial charge in [-0.2, -0.15) is 0 Å². The van der Waals surface area contributed by atoms with Gasteiger partial charge in [-0.05, 0) is 30.4 Å². The summed E-state index contributed by atoms with van der Waals surface area (Å²) in [6.07, 6.45) is 1.57. The van der Waals surface area contributed by atoms with Crippen LogP contribution in [-0.2, 0) is 11.2 Å². The summed E-state index contributed by atoms with van der Waals surface area (Å²) in [4.78, 5) is 13.4. The zero-order chi connectivity index (χ0) is 12.4. The highest BCUT2D eigenvalue weighted by molar-refractivity contribution is 5.80. The Kier molecular flexibility index (Phi) is 3.36. The van der Waals surface area contributed by atoms with Crippen LogP contribution in [0.2, 0.25) is 0 Å². The molecule has 1 aliphatic heterocycles. The fourth-order valence-electron chi connectivity index (χ4n) is 2.49. The maximum absolute atomic E-state index is 11.3. The van der Waals surface area contributed by atoms with Gasteiger partial charge in [0, 0.05) is 12.2 Å². The zero-order valence-electron chi connectivity index (χ0n) is 10.4. The van der Waals surface area contributed by atoms with Crippen LogP contribution in [-0.4, -0.2) is 23.7 Å². The normalized spacial score (nSPS) is 19.2. The van der Waals surface area contributed by atoms with Gasteiger partial charge in [0.2, 0.25) is 0 Å². The average molecular weight is 233 g/mol. The third-order valence-corrected chi connectivity index (χ3v) is 3.21. The number of nitrogens with zero attached hydrogens (tertiary/aromatic N) is 1. The second kappa shape index (κ2) is 4.78. The number of para-hydroxylation sites is 1. The molecule has 0 radical (unpaired) electrons. The second-order valence-corrected chi connectivity index (χ2v) is 5.07. The van der Waals surface area contributed by atoms with E-state index in [1.54, 1.807) is 0 Å². The Bertz CT molecular complexity index is 414. The molecule has 0 saturated heterocycles. The number of hydrogen-bond acceptors (Lipinski definition) is 2. The van der Waals surface area contributed by atoms with E-state index in [4.69, 9.17) is 0 Å². The Morgan fingerprint density at radius 1 is 1.47 bits per heavy atom. The first-order valence-electron chi connectivity index (χ1n) is 6.17. The lowest BCUT2D eigenvalue weighted by molar-refractivity contribution is -0.138. The molecule has 0 amide bonds. The van der Waals surface area contributed by atoms with Gasteiger partial charge in [0.05, 0.1) is 0 Å². The van der Waals surface area contributed by atoms with Gasteiger partial charge in [-0.1, -0.05) is 32.0 Å². The number of anilines is 1. The number of rotatable bonds is 3. The lowest BCUT2D eigenvalue weighted by Gasteiger charge is -2.37. The van der Waals surface area contributed by atoms with Crippen LogP contribution in [0.25, 0.3) is 0 Å². The highest BCUT2D eigenvalue weighted by atomic mass is 16.4. The Balaban J connectivity index is 2.35. The van der Waals surface area contributed by atoms with Crippen molar-refractivity contribution in [3.63, 3.8) is 0 Å². The topological polar surface area (TPSA) is 40.5 Å². The molecule has 0 unspecified atom stereocenters. The van der Waals surface area contributed by atoms with Gasteiger partial charge in [-0.15, -0.1) is 0 Å². The fourth-order valence-corrected chi connectivity index (χ4v) is 2.49. The minimum Gasteiger partial charge on any atom is -0.480 e. The molecule has 3 nitrogen and oxygen atoms in total. The van der Waals surface area contributed by atoms with Crippen LogP contribution < -0.4 is 4.90 Å². The van der Waals surface area contributed by atoms with E-state index < -0.39 is 5.97 Å². The quantitative estimate of drug-likeness (QED) is 0.872. The number of benzene rings is 1. The van der Waals surface area contributed by atoms with Gasteiger partial charge in [-0.25, -0.2) is 4.79 Å². The number of carboxylic acids is 1. The minimum absolute atomic E-state index is 0.368. The Labute approximate surface area is 102 Å². The summed E-state index contributed by atoms with van der Waals surface area (Å²) in [6, 6.07) is 7.77. The highest BCUT2D eigenvalue weighted by Crippen LogP contribution is 2.31. The number of carboxylic acid groups (broad SMARTS) is 1. The molecule has 2 rings (SSSR count). The van der Waals surface area contributed by atoms with Crippen molar-refractivity contribution in [2.75, 3.05) is 11.4 Å². The first-order valence-corrected chi connectivity index (χ1v) is 6.17. The molecule has 1 heterocycles. The molecule has 1 aromatic carbocycles. The monoisotopic (exact) mass is 233 g/mol.